The fourth-order valence-corrected chi connectivity index (χ4v) is 8.65. The minimum atomic E-state index is -0.983. The Hall–Kier alpha value is -4.87. The Labute approximate surface area is 309 Å². The Morgan fingerprint density at radius 3 is 2.11 bits per heavy atom. The number of amides is 1. The fourth-order valence-electron chi connectivity index (χ4n) is 8.65. The number of primary amides is 1. The van der Waals surface area contributed by atoms with Crippen LogP contribution in [-0.2, 0) is 23.3 Å². The number of hydrogen-bond acceptors (Lipinski definition) is 7. The number of likely N-dealkylation sites (tertiary alicyclic amines) is 2. The van der Waals surface area contributed by atoms with Crippen LogP contribution in [0.4, 0.5) is 4.39 Å². The third-order valence-electron chi connectivity index (χ3n) is 11.4. The van der Waals surface area contributed by atoms with Gasteiger partial charge in [0.05, 0.1) is 11.6 Å². The summed E-state index contributed by atoms with van der Waals surface area (Å²) in [5.74, 6) is -0.183. The first-order chi connectivity index (χ1) is 25.7. The number of nitrogens with one attached hydrogen (secondary N) is 2. The second-order valence-corrected chi connectivity index (χ2v) is 14.7. The lowest BCUT2D eigenvalue weighted by Crippen LogP contribution is -2.49. The van der Waals surface area contributed by atoms with Crippen LogP contribution in [-0.4, -0.2) is 70.2 Å². The van der Waals surface area contributed by atoms with E-state index in [0.717, 1.165) is 56.6 Å². The molecule has 2 saturated heterocycles. The summed E-state index contributed by atoms with van der Waals surface area (Å²) in [6.45, 7) is 5.19. The fraction of sp³-hybridized carbons (Fsp3) is 0.349. The van der Waals surface area contributed by atoms with Crippen LogP contribution in [0.5, 0.6) is 5.75 Å². The molecule has 2 atom stereocenters. The van der Waals surface area contributed by atoms with Crippen LogP contribution in [0.15, 0.2) is 108 Å². The van der Waals surface area contributed by atoms with Gasteiger partial charge in [-0.15, -0.1) is 0 Å². The quantitative estimate of drug-likeness (QED) is 0.113. The van der Waals surface area contributed by atoms with Crippen molar-refractivity contribution in [2.24, 2.45) is 17.6 Å². The molecule has 0 radical (unpaired) electrons. The van der Waals surface area contributed by atoms with E-state index in [9.17, 15) is 19.8 Å². The number of aliphatic hydroxyl groups excluding tert-OH is 1. The maximum atomic E-state index is 16.1. The number of benzene rings is 4. The molecular weight excluding hydrogens is 670 g/mol. The first-order valence-corrected chi connectivity index (χ1v) is 18.6. The van der Waals surface area contributed by atoms with Gasteiger partial charge < -0.3 is 26.2 Å². The van der Waals surface area contributed by atoms with Gasteiger partial charge in [-0.1, -0.05) is 84.9 Å². The van der Waals surface area contributed by atoms with Gasteiger partial charge in [0, 0.05) is 48.8 Å². The molecule has 0 saturated carbocycles. The molecule has 4 aromatic carbocycles. The molecule has 6 N–H and O–H groups in total. The van der Waals surface area contributed by atoms with Crippen molar-refractivity contribution < 1.29 is 19.4 Å². The van der Waals surface area contributed by atoms with E-state index in [-0.39, 0.29) is 29.0 Å². The smallest absolute Gasteiger partial charge is 0.248 e. The van der Waals surface area contributed by atoms with E-state index in [0.29, 0.717) is 59.7 Å². The summed E-state index contributed by atoms with van der Waals surface area (Å²) < 4.78 is 16.1. The van der Waals surface area contributed by atoms with Crippen molar-refractivity contribution in [1.29, 1.82) is 0 Å². The molecule has 0 unspecified atom stereocenters. The van der Waals surface area contributed by atoms with Crippen LogP contribution < -0.4 is 16.6 Å². The standard InChI is InChI=1S/C43H48FN5O4/c44-40-30(26-48-21-18-29(19-22-48)24-46-25-38(51)35-14-16-37(50)41-36(35)15-17-39(52)47-41)8-7-9-31(40)27-49-23-20-34(28-49)43(42(45)53,32-10-3-1-4-11-32)33-12-5-2-6-13-33/h1-17,29,34,38,46,50-51H,18-28H2,(H2,45,53)(H,47,52)/t34-,38-/m1/s1. The van der Waals surface area contributed by atoms with Crippen molar-refractivity contribution in [2.45, 2.75) is 43.9 Å². The van der Waals surface area contributed by atoms with Crippen molar-refractivity contribution in [3.8, 4) is 5.75 Å². The Morgan fingerprint density at radius 1 is 0.849 bits per heavy atom. The highest BCUT2D eigenvalue weighted by Gasteiger charge is 2.49. The topological polar surface area (TPSA) is 135 Å². The summed E-state index contributed by atoms with van der Waals surface area (Å²) in [6, 6.07) is 31.5. The van der Waals surface area contributed by atoms with Crippen LogP contribution in [0, 0.1) is 17.7 Å². The molecule has 0 aliphatic carbocycles. The maximum absolute atomic E-state index is 16.1. The molecule has 10 heteroatoms. The van der Waals surface area contributed by atoms with E-state index >= 15 is 4.39 Å². The lowest BCUT2D eigenvalue weighted by atomic mass is 9.64. The number of hydrogen-bond donors (Lipinski definition) is 5. The highest BCUT2D eigenvalue weighted by molar-refractivity contribution is 5.91. The van der Waals surface area contributed by atoms with Crippen molar-refractivity contribution in [1.82, 2.24) is 20.1 Å². The van der Waals surface area contributed by atoms with Crippen LogP contribution in [0.25, 0.3) is 10.9 Å². The SMILES string of the molecule is NC(=O)C(c1ccccc1)(c1ccccc1)[C@@H]1CCN(Cc2cccc(CN3CCC(CNC[C@@H](O)c4ccc(O)c5[nH]c(=O)ccc45)CC3)c2F)C1. The summed E-state index contributed by atoms with van der Waals surface area (Å²) in [4.78, 5) is 32.4. The van der Waals surface area contributed by atoms with Crippen LogP contribution >= 0.6 is 0 Å². The lowest BCUT2D eigenvalue weighted by Gasteiger charge is -2.37. The average Bonchev–Trinajstić information content (AvgIpc) is 3.63. The number of pyridine rings is 1. The number of aromatic hydroxyl groups is 1. The first kappa shape index (κ1) is 36.5. The molecular formula is C43H48FN5O4. The predicted octanol–water partition coefficient (Wildman–Crippen LogP) is 5.20. The summed E-state index contributed by atoms with van der Waals surface area (Å²) in [6.07, 6.45) is 1.90. The number of aliphatic hydroxyl groups is 1. The molecule has 1 amide bonds. The largest absolute Gasteiger partial charge is 0.506 e. The van der Waals surface area contributed by atoms with Crippen molar-refractivity contribution >= 4 is 16.8 Å². The summed E-state index contributed by atoms with van der Waals surface area (Å²) >= 11 is 0. The van der Waals surface area contributed by atoms with E-state index in [2.05, 4.69) is 20.1 Å². The number of H-pyrrole nitrogens is 1. The second-order valence-electron chi connectivity index (χ2n) is 14.7. The maximum Gasteiger partial charge on any atom is 0.248 e. The van der Waals surface area contributed by atoms with E-state index in [1.165, 1.54) is 12.1 Å². The molecule has 0 spiro atoms. The second kappa shape index (κ2) is 16.0. The van der Waals surface area contributed by atoms with Gasteiger partial charge in [-0.2, -0.15) is 0 Å². The highest BCUT2D eigenvalue weighted by atomic mass is 19.1. The lowest BCUT2D eigenvalue weighted by molar-refractivity contribution is -0.123. The number of fused-ring (bicyclic) bond motifs is 1. The molecule has 53 heavy (non-hydrogen) atoms. The molecule has 1 aromatic heterocycles. The number of phenolic OH excluding ortho intramolecular Hbond substituents is 1. The Bertz CT molecular complexity index is 2040. The molecule has 276 valence electrons. The molecule has 0 bridgehead atoms. The number of aromatic nitrogens is 1. The van der Waals surface area contributed by atoms with Crippen LogP contribution in [0.2, 0.25) is 0 Å². The molecule has 2 aliphatic rings. The molecule has 2 fully saturated rings. The first-order valence-electron chi connectivity index (χ1n) is 18.6. The molecule has 5 aromatic rings. The van der Waals surface area contributed by atoms with Gasteiger partial charge in [-0.3, -0.25) is 19.4 Å². The van der Waals surface area contributed by atoms with Gasteiger partial charge in [0.15, 0.2) is 0 Å². The van der Waals surface area contributed by atoms with Gasteiger partial charge in [-0.25, -0.2) is 4.39 Å². The minimum Gasteiger partial charge on any atom is -0.506 e. The predicted molar refractivity (Wildman–Crippen MR) is 205 cm³/mol. The van der Waals surface area contributed by atoms with Crippen LogP contribution in [0.3, 0.4) is 0 Å². The summed E-state index contributed by atoms with van der Waals surface area (Å²) in [5.41, 5.74) is 9.09. The van der Waals surface area contributed by atoms with E-state index in [4.69, 9.17) is 5.73 Å². The van der Waals surface area contributed by atoms with E-state index in [1.54, 1.807) is 12.1 Å². The zero-order valence-electron chi connectivity index (χ0n) is 29.9. The number of carbonyl (C=O) groups excluding carboxylic acids is 1. The number of nitrogens with two attached hydrogens (primary N) is 1. The Morgan fingerprint density at radius 2 is 1.47 bits per heavy atom. The number of rotatable bonds is 13. The summed E-state index contributed by atoms with van der Waals surface area (Å²) in [7, 11) is 0. The highest BCUT2D eigenvalue weighted by Crippen LogP contribution is 2.44. The van der Waals surface area contributed by atoms with Gasteiger partial charge in [0.2, 0.25) is 11.5 Å². The number of halogens is 1. The third-order valence-corrected chi connectivity index (χ3v) is 11.4. The summed E-state index contributed by atoms with van der Waals surface area (Å²) in [5, 5.41) is 25.1. The molecule has 9 nitrogen and oxygen atoms in total. The zero-order chi connectivity index (χ0) is 37.0. The van der Waals surface area contributed by atoms with Crippen molar-refractivity contribution in [3.63, 3.8) is 0 Å². The Balaban J connectivity index is 0.932. The number of aromatic amines is 1. The van der Waals surface area contributed by atoms with Gasteiger partial charge >= 0.3 is 0 Å². The zero-order valence-corrected chi connectivity index (χ0v) is 29.9. The number of carbonyl (C=O) groups is 1. The van der Waals surface area contributed by atoms with Gasteiger partial charge in [-0.05, 0) is 86.1 Å². The van der Waals surface area contributed by atoms with Crippen molar-refractivity contribution in [3.05, 3.63) is 147 Å². The average molecular weight is 718 g/mol. The van der Waals surface area contributed by atoms with Crippen molar-refractivity contribution in [2.75, 3.05) is 39.3 Å². The third kappa shape index (κ3) is 7.63. The van der Waals surface area contributed by atoms with Gasteiger partial charge in [0.1, 0.15) is 17.0 Å². The minimum absolute atomic E-state index is 0.0315. The number of nitrogens with zero attached hydrogens (tertiary/aromatic N) is 2. The normalized spacial score (nSPS) is 18.0. The Kier molecular flexibility index (Phi) is 11.0. The van der Waals surface area contributed by atoms with Gasteiger partial charge in [0.25, 0.3) is 0 Å². The van der Waals surface area contributed by atoms with E-state index in [1.807, 2.05) is 78.9 Å². The monoisotopic (exact) mass is 717 g/mol. The number of phenols is 1. The molecule has 3 heterocycles. The molecule has 7 rings (SSSR count). The molecule has 2 aliphatic heterocycles. The van der Waals surface area contributed by atoms with Crippen LogP contribution in [0.1, 0.15) is 53.2 Å². The number of piperidine rings is 1. The van der Waals surface area contributed by atoms with E-state index < -0.39 is 11.5 Å².